The summed E-state index contributed by atoms with van der Waals surface area (Å²) >= 11 is 0. The first-order valence-electron chi connectivity index (χ1n) is 4.12. The first kappa shape index (κ1) is 9.07. The molecule has 0 spiro atoms. The van der Waals surface area contributed by atoms with Crippen molar-refractivity contribution in [1.82, 2.24) is 4.57 Å². The van der Waals surface area contributed by atoms with E-state index in [1.165, 1.54) is 5.57 Å². The lowest BCUT2D eigenvalue weighted by Gasteiger charge is -2.03. The van der Waals surface area contributed by atoms with E-state index in [1.54, 1.807) is 0 Å². The Hall–Kier alpha value is -1.02. The molecule has 0 aliphatic rings. The highest BCUT2D eigenvalue weighted by molar-refractivity contribution is 5.07. The van der Waals surface area contributed by atoms with Crippen molar-refractivity contribution in [2.45, 2.75) is 27.0 Å². The minimum absolute atomic E-state index is 0.115. The van der Waals surface area contributed by atoms with Crippen LogP contribution in [0.1, 0.15) is 19.5 Å². The van der Waals surface area contributed by atoms with Crippen LogP contribution >= 0.6 is 0 Å². The van der Waals surface area contributed by atoms with Crippen molar-refractivity contribution in [2.24, 2.45) is 0 Å². The second kappa shape index (κ2) is 4.12. The summed E-state index contributed by atoms with van der Waals surface area (Å²) in [7, 11) is 0. The second-order valence-corrected chi connectivity index (χ2v) is 3.09. The Balaban J connectivity index is 2.68. The van der Waals surface area contributed by atoms with Gasteiger partial charge in [-0.15, -0.1) is 0 Å². The van der Waals surface area contributed by atoms with Crippen LogP contribution in [0.5, 0.6) is 0 Å². The molecule has 1 N–H and O–H groups in total. The third kappa shape index (κ3) is 2.24. The van der Waals surface area contributed by atoms with Crippen LogP contribution in [0.15, 0.2) is 30.0 Å². The summed E-state index contributed by atoms with van der Waals surface area (Å²) in [5.41, 5.74) is 2.26. The molecule has 0 amide bonds. The quantitative estimate of drug-likeness (QED) is 0.680. The predicted octanol–water partition coefficient (Wildman–Crippen LogP) is 1.95. The Morgan fingerprint density at radius 3 is 2.92 bits per heavy atom. The average Bonchev–Trinajstić information content (AvgIpc) is 2.47. The zero-order valence-electron chi connectivity index (χ0n) is 7.62. The number of nitrogens with zero attached hydrogens (tertiary/aromatic N) is 1. The Labute approximate surface area is 73.1 Å². The van der Waals surface area contributed by atoms with Crippen molar-refractivity contribution < 1.29 is 5.11 Å². The molecule has 0 aromatic carbocycles. The maximum absolute atomic E-state index is 8.93. The maximum Gasteiger partial charge on any atom is 0.0832 e. The first-order valence-corrected chi connectivity index (χ1v) is 4.12. The predicted molar refractivity (Wildman–Crippen MR) is 49.8 cm³/mol. The van der Waals surface area contributed by atoms with Crippen molar-refractivity contribution >= 4 is 0 Å². The van der Waals surface area contributed by atoms with Crippen LogP contribution in [-0.4, -0.2) is 9.67 Å². The molecule has 0 fully saturated rings. The van der Waals surface area contributed by atoms with Crippen LogP contribution in [0.4, 0.5) is 0 Å². The van der Waals surface area contributed by atoms with E-state index in [4.69, 9.17) is 5.11 Å². The van der Waals surface area contributed by atoms with Crippen LogP contribution in [0.3, 0.4) is 0 Å². The van der Waals surface area contributed by atoms with Gasteiger partial charge in [0.05, 0.1) is 6.61 Å². The maximum atomic E-state index is 8.93. The van der Waals surface area contributed by atoms with Gasteiger partial charge in [-0.3, -0.25) is 0 Å². The molecule has 1 rings (SSSR count). The molecule has 2 heteroatoms. The van der Waals surface area contributed by atoms with E-state index >= 15 is 0 Å². The van der Waals surface area contributed by atoms with Gasteiger partial charge in [-0.1, -0.05) is 11.6 Å². The molecule has 0 saturated heterocycles. The van der Waals surface area contributed by atoms with Crippen molar-refractivity contribution in [1.29, 1.82) is 0 Å². The minimum atomic E-state index is 0.115. The Morgan fingerprint density at radius 1 is 1.58 bits per heavy atom. The van der Waals surface area contributed by atoms with Crippen molar-refractivity contribution in [3.8, 4) is 0 Å². The van der Waals surface area contributed by atoms with Gasteiger partial charge in [0.25, 0.3) is 0 Å². The molecule has 1 aromatic heterocycles. The van der Waals surface area contributed by atoms with E-state index < -0.39 is 0 Å². The summed E-state index contributed by atoms with van der Waals surface area (Å²) in [6, 6.07) is 3.88. The van der Waals surface area contributed by atoms with E-state index in [-0.39, 0.29) is 6.61 Å². The number of aliphatic hydroxyl groups excluding tert-OH is 1. The van der Waals surface area contributed by atoms with Crippen LogP contribution in [-0.2, 0) is 13.2 Å². The molecule has 2 nitrogen and oxygen atoms in total. The van der Waals surface area contributed by atoms with Gasteiger partial charge in [0, 0.05) is 18.4 Å². The fourth-order valence-corrected chi connectivity index (χ4v) is 1.05. The molecular weight excluding hydrogens is 150 g/mol. The topological polar surface area (TPSA) is 25.2 Å². The highest BCUT2D eigenvalue weighted by Crippen LogP contribution is 2.03. The molecule has 66 valence electrons. The van der Waals surface area contributed by atoms with E-state index in [9.17, 15) is 0 Å². The molecular formula is C10H15NO. The lowest BCUT2D eigenvalue weighted by atomic mass is 10.3. The third-order valence-corrected chi connectivity index (χ3v) is 1.78. The summed E-state index contributed by atoms with van der Waals surface area (Å²) in [5.74, 6) is 0. The first-order chi connectivity index (χ1) is 5.74. The van der Waals surface area contributed by atoms with Crippen LogP contribution in [0.2, 0.25) is 0 Å². The number of hydrogen-bond acceptors (Lipinski definition) is 1. The highest BCUT2D eigenvalue weighted by Gasteiger charge is 1.95. The molecule has 12 heavy (non-hydrogen) atoms. The summed E-state index contributed by atoms with van der Waals surface area (Å²) in [6.07, 6.45) is 4.12. The fraction of sp³-hybridized carbons (Fsp3) is 0.400. The molecule has 0 aliphatic carbocycles. The molecule has 0 atom stereocenters. The normalized spacial score (nSPS) is 9.92. The Bertz CT molecular complexity index is 269. The number of rotatable bonds is 3. The van der Waals surface area contributed by atoms with Gasteiger partial charge in [-0.2, -0.15) is 0 Å². The lowest BCUT2D eigenvalue weighted by Crippen LogP contribution is -1.99. The smallest absolute Gasteiger partial charge is 0.0832 e. The van der Waals surface area contributed by atoms with E-state index in [1.807, 2.05) is 22.9 Å². The zero-order valence-corrected chi connectivity index (χ0v) is 7.62. The monoisotopic (exact) mass is 165 g/mol. The number of hydrogen-bond donors (Lipinski definition) is 1. The van der Waals surface area contributed by atoms with Gasteiger partial charge in [-0.25, -0.2) is 0 Å². The van der Waals surface area contributed by atoms with Gasteiger partial charge in [0.15, 0.2) is 0 Å². The highest BCUT2D eigenvalue weighted by atomic mass is 16.3. The molecule has 0 radical (unpaired) electrons. The molecule has 0 bridgehead atoms. The van der Waals surface area contributed by atoms with Gasteiger partial charge in [0.2, 0.25) is 0 Å². The summed E-state index contributed by atoms with van der Waals surface area (Å²) < 4.78 is 2.03. The van der Waals surface area contributed by atoms with Gasteiger partial charge < -0.3 is 9.67 Å². The minimum Gasteiger partial charge on any atom is -0.390 e. The molecule has 0 saturated carbocycles. The van der Waals surface area contributed by atoms with Gasteiger partial charge >= 0.3 is 0 Å². The van der Waals surface area contributed by atoms with Gasteiger partial charge in [0.1, 0.15) is 0 Å². The van der Waals surface area contributed by atoms with E-state index in [0.29, 0.717) is 0 Å². The Kier molecular flexibility index (Phi) is 3.11. The number of aliphatic hydroxyl groups is 1. The number of aromatic nitrogens is 1. The average molecular weight is 165 g/mol. The number of allylic oxidation sites excluding steroid dienone is 2. The largest absolute Gasteiger partial charge is 0.390 e. The van der Waals surface area contributed by atoms with Crippen LogP contribution in [0.25, 0.3) is 0 Å². The SMILES string of the molecule is CC(C)=CCn1cccc1CO. The lowest BCUT2D eigenvalue weighted by molar-refractivity contribution is 0.272. The van der Waals surface area contributed by atoms with Crippen molar-refractivity contribution in [3.63, 3.8) is 0 Å². The van der Waals surface area contributed by atoms with Crippen LogP contribution < -0.4 is 0 Å². The van der Waals surface area contributed by atoms with Crippen LogP contribution in [0, 0.1) is 0 Å². The Morgan fingerprint density at radius 2 is 2.33 bits per heavy atom. The third-order valence-electron chi connectivity index (χ3n) is 1.78. The van der Waals surface area contributed by atoms with Crippen molar-refractivity contribution in [3.05, 3.63) is 35.7 Å². The molecule has 1 aromatic rings. The standard InChI is InChI=1S/C10H15NO/c1-9(2)5-7-11-6-3-4-10(11)8-12/h3-6,12H,7-8H2,1-2H3. The summed E-state index contributed by atoms with van der Waals surface area (Å²) in [6.45, 7) is 5.11. The zero-order chi connectivity index (χ0) is 8.97. The molecule has 1 heterocycles. The van der Waals surface area contributed by atoms with Crippen molar-refractivity contribution in [2.75, 3.05) is 0 Å². The molecule has 0 aliphatic heterocycles. The summed E-state index contributed by atoms with van der Waals surface area (Å²) in [4.78, 5) is 0. The van der Waals surface area contributed by atoms with E-state index in [2.05, 4.69) is 19.9 Å². The fourth-order valence-electron chi connectivity index (χ4n) is 1.05. The molecule has 0 unspecified atom stereocenters. The van der Waals surface area contributed by atoms with Gasteiger partial charge in [-0.05, 0) is 26.0 Å². The second-order valence-electron chi connectivity index (χ2n) is 3.09. The van der Waals surface area contributed by atoms with E-state index in [0.717, 1.165) is 12.2 Å². The summed E-state index contributed by atoms with van der Waals surface area (Å²) in [5, 5.41) is 8.93.